The second kappa shape index (κ2) is 6.44. The minimum absolute atomic E-state index is 0.0906. The molecule has 3 N–H and O–H groups in total. The number of carbonyl (C=O) groups is 1. The molecular formula is C16H26FN3O4S. The zero-order chi connectivity index (χ0) is 17.8. The Hall–Kier alpha value is -0.770. The molecule has 2 saturated carbocycles. The van der Waals surface area contributed by atoms with Gasteiger partial charge in [-0.3, -0.25) is 4.79 Å². The fourth-order valence-electron chi connectivity index (χ4n) is 5.46. The van der Waals surface area contributed by atoms with E-state index < -0.39 is 41.0 Å². The summed E-state index contributed by atoms with van der Waals surface area (Å²) >= 11 is 0. The van der Waals surface area contributed by atoms with Gasteiger partial charge in [0.15, 0.2) is 0 Å². The van der Waals surface area contributed by atoms with Crippen LogP contribution in [-0.4, -0.2) is 61.2 Å². The lowest BCUT2D eigenvalue weighted by atomic mass is 9.63. The maximum Gasteiger partial charge on any atom is 0.304 e. The fourth-order valence-corrected chi connectivity index (χ4v) is 6.79. The van der Waals surface area contributed by atoms with Gasteiger partial charge in [-0.25, -0.2) is 9.11 Å². The third-order valence-corrected chi connectivity index (χ3v) is 8.09. The van der Waals surface area contributed by atoms with Gasteiger partial charge in [-0.2, -0.15) is 12.7 Å². The van der Waals surface area contributed by atoms with E-state index in [1.807, 2.05) is 4.72 Å². The zero-order valence-corrected chi connectivity index (χ0v) is 14.9. The second-order valence-corrected chi connectivity index (χ2v) is 9.64. The van der Waals surface area contributed by atoms with Crippen LogP contribution in [0.4, 0.5) is 4.39 Å². The second-order valence-electron chi connectivity index (χ2n) is 8.01. The standard InChI is InChI=1S/C16H26FN3O4S/c17-15-11-6-10(12-2-1-5-18-12)4-3-9(11)7-13(21)16(15)20-8-14(22)19-25(20,23)24/h9-13,15-16,18,21H,1-8H2,(H,19,22). The Labute approximate surface area is 147 Å². The van der Waals surface area contributed by atoms with Crippen molar-refractivity contribution in [1.29, 1.82) is 0 Å². The van der Waals surface area contributed by atoms with Gasteiger partial charge in [0.1, 0.15) is 6.17 Å². The van der Waals surface area contributed by atoms with Gasteiger partial charge in [-0.05, 0) is 62.8 Å². The molecule has 0 aromatic rings. The van der Waals surface area contributed by atoms with Crippen molar-refractivity contribution in [3.63, 3.8) is 0 Å². The molecule has 7 nitrogen and oxygen atoms in total. The van der Waals surface area contributed by atoms with Crippen molar-refractivity contribution in [3.05, 3.63) is 0 Å². The molecule has 4 fully saturated rings. The topological polar surface area (TPSA) is 98.7 Å². The molecule has 2 heterocycles. The maximum absolute atomic E-state index is 15.4. The number of nitrogens with zero attached hydrogens (tertiary/aromatic N) is 1. The van der Waals surface area contributed by atoms with Gasteiger partial charge in [0.05, 0.1) is 18.7 Å². The van der Waals surface area contributed by atoms with Crippen LogP contribution in [0.25, 0.3) is 0 Å². The highest BCUT2D eigenvalue weighted by atomic mass is 32.2. The molecule has 7 atom stereocenters. The van der Waals surface area contributed by atoms with Crippen LogP contribution >= 0.6 is 0 Å². The van der Waals surface area contributed by atoms with Gasteiger partial charge in [0, 0.05) is 6.04 Å². The largest absolute Gasteiger partial charge is 0.391 e. The Kier molecular flexibility index (Phi) is 4.54. The lowest BCUT2D eigenvalue weighted by Crippen LogP contribution is -2.59. The molecule has 2 aliphatic carbocycles. The molecular weight excluding hydrogens is 349 g/mol. The molecule has 142 valence electrons. The number of hydrogen-bond donors (Lipinski definition) is 3. The molecule has 4 aliphatic rings. The molecule has 7 unspecified atom stereocenters. The van der Waals surface area contributed by atoms with E-state index in [0.29, 0.717) is 18.4 Å². The highest BCUT2D eigenvalue weighted by Crippen LogP contribution is 2.47. The third-order valence-electron chi connectivity index (χ3n) is 6.61. The van der Waals surface area contributed by atoms with Crippen LogP contribution in [0.2, 0.25) is 0 Å². The summed E-state index contributed by atoms with van der Waals surface area (Å²) in [5.41, 5.74) is 0. The SMILES string of the molecule is O=C1CN(C2C(O)CC3CCC(C4CCCN4)CC3C2F)S(=O)(=O)N1. The summed E-state index contributed by atoms with van der Waals surface area (Å²) in [6.07, 6.45) is 2.79. The predicted octanol–water partition coefficient (Wildman–Crippen LogP) is -0.0812. The first-order valence-electron chi connectivity index (χ1n) is 9.25. The van der Waals surface area contributed by atoms with E-state index in [0.717, 1.165) is 43.0 Å². The maximum atomic E-state index is 15.4. The molecule has 2 saturated heterocycles. The van der Waals surface area contributed by atoms with Crippen molar-refractivity contribution < 1.29 is 22.7 Å². The average Bonchev–Trinajstić information content (AvgIpc) is 3.15. The quantitative estimate of drug-likeness (QED) is 0.627. The molecule has 1 amide bonds. The highest BCUT2D eigenvalue weighted by molar-refractivity contribution is 7.88. The lowest BCUT2D eigenvalue weighted by Gasteiger charge is -2.48. The zero-order valence-electron chi connectivity index (χ0n) is 14.1. The van der Waals surface area contributed by atoms with Crippen molar-refractivity contribution in [3.8, 4) is 0 Å². The van der Waals surface area contributed by atoms with Gasteiger partial charge in [0.2, 0.25) is 5.91 Å². The minimum atomic E-state index is -4.05. The smallest absolute Gasteiger partial charge is 0.304 e. The van der Waals surface area contributed by atoms with Gasteiger partial charge in [0.25, 0.3) is 0 Å². The number of aliphatic hydroxyl groups is 1. The van der Waals surface area contributed by atoms with E-state index in [1.54, 1.807) is 0 Å². The molecule has 9 heteroatoms. The predicted molar refractivity (Wildman–Crippen MR) is 88.4 cm³/mol. The number of halogens is 1. The van der Waals surface area contributed by atoms with E-state index in [2.05, 4.69) is 5.32 Å². The molecule has 0 spiro atoms. The molecule has 25 heavy (non-hydrogen) atoms. The number of rotatable bonds is 2. The highest BCUT2D eigenvalue weighted by Gasteiger charge is 2.54. The summed E-state index contributed by atoms with van der Waals surface area (Å²) in [6.45, 7) is 0.602. The van der Waals surface area contributed by atoms with Crippen LogP contribution in [0.15, 0.2) is 0 Å². The Morgan fingerprint density at radius 2 is 1.92 bits per heavy atom. The van der Waals surface area contributed by atoms with Crippen LogP contribution in [0.1, 0.15) is 38.5 Å². The molecule has 4 rings (SSSR count). The molecule has 2 aliphatic heterocycles. The number of aliphatic hydroxyl groups excluding tert-OH is 1. The van der Waals surface area contributed by atoms with E-state index in [4.69, 9.17) is 0 Å². The number of amides is 1. The van der Waals surface area contributed by atoms with Crippen molar-refractivity contribution in [2.45, 2.75) is 62.9 Å². The summed E-state index contributed by atoms with van der Waals surface area (Å²) in [7, 11) is -4.05. The first kappa shape index (κ1) is 17.6. The van der Waals surface area contributed by atoms with Crippen LogP contribution in [0.3, 0.4) is 0 Å². The van der Waals surface area contributed by atoms with Crippen LogP contribution in [-0.2, 0) is 15.0 Å². The molecule has 0 aromatic carbocycles. The number of carbonyl (C=O) groups excluding carboxylic acids is 1. The summed E-state index contributed by atoms with van der Waals surface area (Å²) in [6, 6.07) is -0.738. The molecule has 0 aromatic heterocycles. The Morgan fingerprint density at radius 1 is 1.16 bits per heavy atom. The summed E-state index contributed by atoms with van der Waals surface area (Å²) in [5, 5.41) is 13.9. The molecule has 0 radical (unpaired) electrons. The number of nitrogens with one attached hydrogen (secondary N) is 2. The fraction of sp³-hybridized carbons (Fsp3) is 0.938. The number of alkyl halides is 1. The van der Waals surface area contributed by atoms with Gasteiger partial charge in [-0.1, -0.05) is 0 Å². The van der Waals surface area contributed by atoms with E-state index in [1.165, 1.54) is 0 Å². The summed E-state index contributed by atoms with van der Waals surface area (Å²) in [5.74, 6) is -0.417. The van der Waals surface area contributed by atoms with E-state index in [-0.39, 0.29) is 11.8 Å². The Morgan fingerprint density at radius 3 is 2.56 bits per heavy atom. The normalized spacial score (nSPS) is 47.4. The minimum Gasteiger partial charge on any atom is -0.391 e. The van der Waals surface area contributed by atoms with Gasteiger partial charge in [-0.15, -0.1) is 0 Å². The van der Waals surface area contributed by atoms with Crippen molar-refractivity contribution in [2.75, 3.05) is 13.1 Å². The van der Waals surface area contributed by atoms with Crippen LogP contribution in [0.5, 0.6) is 0 Å². The van der Waals surface area contributed by atoms with Crippen molar-refractivity contribution >= 4 is 16.1 Å². The van der Waals surface area contributed by atoms with E-state index in [9.17, 15) is 18.3 Å². The summed E-state index contributed by atoms with van der Waals surface area (Å²) in [4.78, 5) is 11.5. The Bertz CT molecular complexity index is 639. The van der Waals surface area contributed by atoms with Gasteiger partial charge >= 0.3 is 10.2 Å². The number of fused-ring (bicyclic) bond motifs is 1. The average molecular weight is 375 g/mol. The van der Waals surface area contributed by atoms with Crippen LogP contribution in [0, 0.1) is 17.8 Å². The van der Waals surface area contributed by atoms with Crippen molar-refractivity contribution in [2.24, 2.45) is 17.8 Å². The first-order valence-corrected chi connectivity index (χ1v) is 10.7. The Balaban J connectivity index is 1.54. The third kappa shape index (κ3) is 3.09. The van der Waals surface area contributed by atoms with Crippen LogP contribution < -0.4 is 10.0 Å². The molecule has 0 bridgehead atoms. The van der Waals surface area contributed by atoms with Crippen molar-refractivity contribution in [1.82, 2.24) is 14.3 Å². The van der Waals surface area contributed by atoms with E-state index >= 15 is 4.39 Å². The summed E-state index contributed by atoms with van der Waals surface area (Å²) < 4.78 is 42.3. The lowest BCUT2D eigenvalue weighted by molar-refractivity contribution is -0.120. The first-order chi connectivity index (χ1) is 11.9. The van der Waals surface area contributed by atoms with Gasteiger partial charge < -0.3 is 10.4 Å². The number of hydrogen-bond acceptors (Lipinski definition) is 5. The monoisotopic (exact) mass is 375 g/mol.